The lowest BCUT2D eigenvalue weighted by Gasteiger charge is -2.18. The van der Waals surface area contributed by atoms with Crippen LogP contribution in [0.15, 0.2) is 23.3 Å². The van der Waals surface area contributed by atoms with Gasteiger partial charge in [0.25, 0.3) is 0 Å². The SMILES string of the molecule is CS(=O)(=O)C1N=Cc2cccnc2N1. The van der Waals surface area contributed by atoms with Gasteiger partial charge in [-0.2, -0.15) is 0 Å². The second-order valence-electron chi connectivity index (χ2n) is 3.05. The van der Waals surface area contributed by atoms with Gasteiger partial charge in [0.05, 0.1) is 0 Å². The van der Waals surface area contributed by atoms with E-state index in [1.165, 1.54) is 6.21 Å². The van der Waals surface area contributed by atoms with Crippen LogP contribution in [0.25, 0.3) is 0 Å². The highest BCUT2D eigenvalue weighted by molar-refractivity contribution is 7.91. The first-order valence-electron chi connectivity index (χ1n) is 4.01. The lowest BCUT2D eigenvalue weighted by molar-refractivity contribution is 0.592. The van der Waals surface area contributed by atoms with Crippen LogP contribution in [0.5, 0.6) is 0 Å². The third kappa shape index (κ3) is 1.60. The van der Waals surface area contributed by atoms with E-state index in [1.54, 1.807) is 12.3 Å². The molecule has 1 N–H and O–H groups in total. The highest BCUT2D eigenvalue weighted by Crippen LogP contribution is 2.17. The van der Waals surface area contributed by atoms with Crippen LogP contribution >= 0.6 is 0 Å². The van der Waals surface area contributed by atoms with Crippen LogP contribution in [-0.2, 0) is 9.84 Å². The topological polar surface area (TPSA) is 71.4 Å². The maximum Gasteiger partial charge on any atom is 0.222 e. The summed E-state index contributed by atoms with van der Waals surface area (Å²) >= 11 is 0. The molecule has 0 bridgehead atoms. The van der Waals surface area contributed by atoms with Gasteiger partial charge in [0.15, 0.2) is 9.84 Å². The normalized spacial score (nSPS) is 19.9. The molecule has 0 saturated heterocycles. The molecule has 0 aliphatic carbocycles. The molecule has 0 spiro atoms. The van der Waals surface area contributed by atoms with Crippen molar-refractivity contribution in [2.24, 2.45) is 4.99 Å². The Bertz CT molecular complexity index is 481. The van der Waals surface area contributed by atoms with E-state index in [2.05, 4.69) is 15.3 Å². The van der Waals surface area contributed by atoms with Gasteiger partial charge in [-0.05, 0) is 12.1 Å². The summed E-state index contributed by atoms with van der Waals surface area (Å²) in [7, 11) is -3.22. The molecule has 14 heavy (non-hydrogen) atoms. The van der Waals surface area contributed by atoms with Gasteiger partial charge in [-0.25, -0.2) is 13.4 Å². The summed E-state index contributed by atoms with van der Waals surface area (Å²) in [5, 5.41) is 2.74. The average Bonchev–Trinajstić information content (AvgIpc) is 2.16. The molecule has 0 aromatic carbocycles. The van der Waals surface area contributed by atoms with Crippen molar-refractivity contribution in [3.05, 3.63) is 23.9 Å². The zero-order valence-electron chi connectivity index (χ0n) is 7.51. The van der Waals surface area contributed by atoms with E-state index >= 15 is 0 Å². The first-order chi connectivity index (χ1) is 6.57. The second kappa shape index (κ2) is 3.06. The van der Waals surface area contributed by atoms with Gasteiger partial charge in [0.1, 0.15) is 5.82 Å². The number of pyridine rings is 1. The van der Waals surface area contributed by atoms with Gasteiger partial charge >= 0.3 is 0 Å². The zero-order chi connectivity index (χ0) is 10.2. The number of nitrogens with one attached hydrogen (secondary N) is 1. The monoisotopic (exact) mass is 211 g/mol. The van der Waals surface area contributed by atoms with Crippen LogP contribution in [0.1, 0.15) is 5.56 Å². The molecule has 1 aromatic rings. The molecule has 0 saturated carbocycles. The molecule has 1 aromatic heterocycles. The van der Waals surface area contributed by atoms with Crippen molar-refractivity contribution in [1.82, 2.24) is 4.98 Å². The standard InChI is InChI=1S/C8H9N3O2S/c1-14(12,13)8-10-5-6-3-2-4-9-7(6)11-8/h2-5,8H,1H3,(H,9,11). The molecule has 6 heteroatoms. The van der Waals surface area contributed by atoms with Crippen molar-refractivity contribution in [3.63, 3.8) is 0 Å². The van der Waals surface area contributed by atoms with Gasteiger partial charge in [-0.3, -0.25) is 4.99 Å². The molecule has 0 radical (unpaired) electrons. The lowest BCUT2D eigenvalue weighted by Crippen LogP contribution is -2.30. The van der Waals surface area contributed by atoms with E-state index in [0.29, 0.717) is 5.82 Å². The third-order valence-corrected chi connectivity index (χ3v) is 2.90. The minimum Gasteiger partial charge on any atom is -0.335 e. The minimum absolute atomic E-state index is 0.554. The van der Waals surface area contributed by atoms with Crippen LogP contribution < -0.4 is 5.32 Å². The number of rotatable bonds is 1. The van der Waals surface area contributed by atoms with E-state index in [9.17, 15) is 8.42 Å². The Labute approximate surface area is 81.8 Å². The average molecular weight is 211 g/mol. The third-order valence-electron chi connectivity index (χ3n) is 1.85. The van der Waals surface area contributed by atoms with Crippen molar-refractivity contribution >= 4 is 21.9 Å². The Balaban J connectivity index is 2.40. The maximum atomic E-state index is 11.2. The van der Waals surface area contributed by atoms with E-state index in [-0.39, 0.29) is 0 Å². The summed E-state index contributed by atoms with van der Waals surface area (Å²) in [6, 6.07) is 3.59. The van der Waals surface area contributed by atoms with E-state index in [1.807, 2.05) is 6.07 Å². The van der Waals surface area contributed by atoms with Gasteiger partial charge in [-0.1, -0.05) is 0 Å². The van der Waals surface area contributed by atoms with E-state index in [4.69, 9.17) is 0 Å². The number of sulfone groups is 1. The maximum absolute atomic E-state index is 11.2. The molecular formula is C8H9N3O2S. The summed E-state index contributed by atoms with van der Waals surface area (Å²) in [5.74, 6) is 0.554. The zero-order valence-corrected chi connectivity index (χ0v) is 8.32. The number of anilines is 1. The van der Waals surface area contributed by atoms with Crippen LogP contribution in [0, 0.1) is 0 Å². The molecule has 0 fully saturated rings. The fraction of sp³-hybridized carbons (Fsp3) is 0.250. The number of fused-ring (bicyclic) bond motifs is 1. The molecule has 2 heterocycles. The predicted octanol–water partition coefficient (Wildman–Crippen LogP) is 0.254. The molecule has 1 atom stereocenters. The van der Waals surface area contributed by atoms with Gasteiger partial charge in [-0.15, -0.1) is 0 Å². The summed E-state index contributed by atoms with van der Waals surface area (Å²) < 4.78 is 22.4. The highest BCUT2D eigenvalue weighted by atomic mass is 32.2. The molecule has 1 aliphatic heterocycles. The number of hydrogen-bond acceptors (Lipinski definition) is 5. The first-order valence-corrected chi connectivity index (χ1v) is 5.96. The Kier molecular flexibility index (Phi) is 1.99. The fourth-order valence-electron chi connectivity index (χ4n) is 1.16. The van der Waals surface area contributed by atoms with Crippen LogP contribution in [0.4, 0.5) is 5.82 Å². The predicted molar refractivity (Wildman–Crippen MR) is 54.1 cm³/mol. The number of aromatic nitrogens is 1. The van der Waals surface area contributed by atoms with Gasteiger partial charge in [0.2, 0.25) is 5.50 Å². The van der Waals surface area contributed by atoms with Crippen molar-refractivity contribution in [2.75, 3.05) is 11.6 Å². The van der Waals surface area contributed by atoms with Crippen LogP contribution in [0.2, 0.25) is 0 Å². The van der Waals surface area contributed by atoms with Gasteiger partial charge < -0.3 is 5.32 Å². The van der Waals surface area contributed by atoms with Crippen LogP contribution in [-0.4, -0.2) is 31.4 Å². The number of hydrogen-bond donors (Lipinski definition) is 1. The summed E-state index contributed by atoms with van der Waals surface area (Å²) in [6.45, 7) is 0. The largest absolute Gasteiger partial charge is 0.335 e. The number of nitrogens with zero attached hydrogens (tertiary/aromatic N) is 2. The van der Waals surface area contributed by atoms with Crippen molar-refractivity contribution in [3.8, 4) is 0 Å². The summed E-state index contributed by atoms with van der Waals surface area (Å²) in [6.07, 6.45) is 4.25. The summed E-state index contributed by atoms with van der Waals surface area (Å²) in [4.78, 5) is 7.89. The Morgan fingerprint density at radius 1 is 1.50 bits per heavy atom. The van der Waals surface area contributed by atoms with E-state index in [0.717, 1.165) is 11.8 Å². The molecule has 5 nitrogen and oxygen atoms in total. The Hall–Kier alpha value is -1.43. The van der Waals surface area contributed by atoms with Crippen molar-refractivity contribution < 1.29 is 8.42 Å². The second-order valence-corrected chi connectivity index (χ2v) is 5.15. The minimum atomic E-state index is -3.22. The smallest absolute Gasteiger partial charge is 0.222 e. The first kappa shape index (κ1) is 9.14. The lowest BCUT2D eigenvalue weighted by atomic mass is 10.2. The fourth-order valence-corrected chi connectivity index (χ4v) is 1.77. The Morgan fingerprint density at radius 3 is 3.00 bits per heavy atom. The van der Waals surface area contributed by atoms with E-state index < -0.39 is 15.3 Å². The molecule has 0 amide bonds. The van der Waals surface area contributed by atoms with Crippen molar-refractivity contribution in [1.29, 1.82) is 0 Å². The molecule has 2 rings (SSSR count). The van der Waals surface area contributed by atoms with Crippen molar-refractivity contribution in [2.45, 2.75) is 5.50 Å². The highest BCUT2D eigenvalue weighted by Gasteiger charge is 2.22. The number of aliphatic imine (C=N–C) groups is 1. The van der Waals surface area contributed by atoms with Crippen LogP contribution in [0.3, 0.4) is 0 Å². The Morgan fingerprint density at radius 2 is 2.29 bits per heavy atom. The molecular weight excluding hydrogens is 202 g/mol. The van der Waals surface area contributed by atoms with Gasteiger partial charge in [0, 0.05) is 24.2 Å². The molecule has 1 aliphatic rings. The summed E-state index contributed by atoms with van der Waals surface area (Å²) in [5.41, 5.74) is -0.114. The quantitative estimate of drug-likeness (QED) is 0.723. The molecule has 1 unspecified atom stereocenters. The molecule has 74 valence electrons.